The summed E-state index contributed by atoms with van der Waals surface area (Å²) in [5, 5.41) is 7.35. The maximum atomic E-state index is 5.79. The molecule has 3 heterocycles. The first-order valence-corrected chi connectivity index (χ1v) is 9.41. The lowest BCUT2D eigenvalue weighted by Crippen LogP contribution is -2.52. The number of rotatable bonds is 6. The van der Waals surface area contributed by atoms with E-state index in [4.69, 9.17) is 18.7 Å². The van der Waals surface area contributed by atoms with Crippen molar-refractivity contribution in [3.05, 3.63) is 36.2 Å². The topological polar surface area (TPSA) is 84.6 Å². The first-order chi connectivity index (χ1) is 13.8. The molecule has 0 unspecified atom stereocenters. The molecule has 0 spiro atoms. The number of nitrogens with zero attached hydrogens (tertiary/aromatic N) is 4. The van der Waals surface area contributed by atoms with Gasteiger partial charge in [-0.05, 0) is 12.1 Å². The fraction of sp³-hybridized carbons (Fsp3) is 0.474. The van der Waals surface area contributed by atoms with Crippen molar-refractivity contribution in [3.63, 3.8) is 0 Å². The van der Waals surface area contributed by atoms with Crippen LogP contribution in [0.2, 0.25) is 0 Å². The fourth-order valence-electron chi connectivity index (χ4n) is 3.30. The van der Waals surface area contributed by atoms with Crippen LogP contribution >= 0.6 is 24.0 Å². The van der Waals surface area contributed by atoms with Gasteiger partial charge < -0.3 is 29.0 Å². The molecule has 0 bridgehead atoms. The lowest BCUT2D eigenvalue weighted by atomic mass is 10.3. The van der Waals surface area contributed by atoms with Crippen LogP contribution in [-0.4, -0.2) is 74.1 Å². The second-order valence-electron chi connectivity index (χ2n) is 6.59. The maximum Gasteiger partial charge on any atom is 0.231 e. The van der Waals surface area contributed by atoms with Crippen molar-refractivity contribution in [2.45, 2.75) is 6.54 Å². The van der Waals surface area contributed by atoms with Gasteiger partial charge in [0.25, 0.3) is 0 Å². The largest absolute Gasteiger partial charge is 0.492 e. The van der Waals surface area contributed by atoms with Crippen molar-refractivity contribution < 1.29 is 18.7 Å². The van der Waals surface area contributed by atoms with Gasteiger partial charge >= 0.3 is 0 Å². The lowest BCUT2D eigenvalue weighted by Gasteiger charge is -2.36. The van der Waals surface area contributed by atoms with E-state index in [0.29, 0.717) is 13.2 Å². The molecule has 1 fully saturated rings. The monoisotopic (exact) mass is 515 g/mol. The molecule has 2 aliphatic rings. The predicted octanol–water partition coefficient (Wildman–Crippen LogP) is 1.79. The van der Waals surface area contributed by atoms with Crippen molar-refractivity contribution in [1.82, 2.24) is 20.3 Å². The average molecular weight is 515 g/mol. The summed E-state index contributed by atoms with van der Waals surface area (Å²) in [7, 11) is 1.81. The van der Waals surface area contributed by atoms with Crippen molar-refractivity contribution in [2.24, 2.45) is 4.99 Å². The van der Waals surface area contributed by atoms with E-state index in [0.717, 1.165) is 61.6 Å². The molecule has 1 aromatic carbocycles. The number of hydrogen-bond donors (Lipinski definition) is 1. The van der Waals surface area contributed by atoms with E-state index in [1.54, 1.807) is 6.26 Å². The molecule has 2 aromatic rings. The summed E-state index contributed by atoms with van der Waals surface area (Å²) < 4.78 is 21.4. The number of ether oxygens (including phenoxy) is 3. The van der Waals surface area contributed by atoms with E-state index in [9.17, 15) is 0 Å². The number of hydrogen-bond acceptors (Lipinski definition) is 7. The first-order valence-electron chi connectivity index (χ1n) is 9.41. The van der Waals surface area contributed by atoms with E-state index in [-0.39, 0.29) is 30.8 Å². The van der Waals surface area contributed by atoms with Crippen LogP contribution in [0.1, 0.15) is 5.69 Å². The smallest absolute Gasteiger partial charge is 0.231 e. The zero-order valence-electron chi connectivity index (χ0n) is 16.4. The second kappa shape index (κ2) is 10.5. The SMILES string of the molecule is CN=C(NCCOc1ccc2c(c1)OCO2)N1CCN(Cc2ccon2)CC1.I. The highest BCUT2D eigenvalue weighted by Crippen LogP contribution is 2.34. The van der Waals surface area contributed by atoms with E-state index in [1.807, 2.05) is 31.3 Å². The van der Waals surface area contributed by atoms with Gasteiger partial charge in [-0.1, -0.05) is 5.16 Å². The summed E-state index contributed by atoms with van der Waals surface area (Å²) >= 11 is 0. The Kier molecular flexibility index (Phi) is 7.81. The number of benzene rings is 1. The van der Waals surface area contributed by atoms with Gasteiger partial charge in [0.15, 0.2) is 17.5 Å². The van der Waals surface area contributed by atoms with Gasteiger partial charge in [0.2, 0.25) is 6.79 Å². The molecule has 1 aromatic heterocycles. The van der Waals surface area contributed by atoms with Gasteiger partial charge in [-0.2, -0.15) is 0 Å². The van der Waals surface area contributed by atoms with E-state index < -0.39 is 0 Å². The molecule has 158 valence electrons. The molecule has 9 nitrogen and oxygen atoms in total. The third-order valence-corrected chi connectivity index (χ3v) is 4.76. The Balaban J connectivity index is 0.00000240. The Hall–Kier alpha value is -2.21. The molecule has 29 heavy (non-hydrogen) atoms. The quantitative estimate of drug-likeness (QED) is 0.270. The molecule has 0 radical (unpaired) electrons. The van der Waals surface area contributed by atoms with E-state index in [2.05, 4.69) is 25.3 Å². The van der Waals surface area contributed by atoms with Crippen LogP contribution in [-0.2, 0) is 6.54 Å². The van der Waals surface area contributed by atoms with Crippen molar-refractivity contribution >= 4 is 29.9 Å². The van der Waals surface area contributed by atoms with Crippen molar-refractivity contribution in [3.8, 4) is 17.2 Å². The minimum Gasteiger partial charge on any atom is -0.492 e. The highest BCUT2D eigenvalue weighted by atomic mass is 127. The van der Waals surface area contributed by atoms with Crippen LogP contribution in [0.5, 0.6) is 17.2 Å². The van der Waals surface area contributed by atoms with Gasteiger partial charge in [0, 0.05) is 51.9 Å². The Bertz CT molecular complexity index is 794. The molecule has 4 rings (SSSR count). The summed E-state index contributed by atoms with van der Waals surface area (Å²) in [5.41, 5.74) is 0.969. The molecule has 0 saturated carbocycles. The number of guanidine groups is 1. The number of nitrogens with one attached hydrogen (secondary N) is 1. The molecule has 1 saturated heterocycles. The maximum absolute atomic E-state index is 5.79. The van der Waals surface area contributed by atoms with Crippen LogP contribution in [0.4, 0.5) is 0 Å². The zero-order chi connectivity index (χ0) is 19.2. The third-order valence-electron chi connectivity index (χ3n) is 4.76. The summed E-state index contributed by atoms with van der Waals surface area (Å²) in [6.07, 6.45) is 1.61. The zero-order valence-corrected chi connectivity index (χ0v) is 18.7. The van der Waals surface area contributed by atoms with Gasteiger partial charge in [-0.15, -0.1) is 24.0 Å². The second-order valence-corrected chi connectivity index (χ2v) is 6.59. The molecule has 0 aliphatic carbocycles. The van der Waals surface area contributed by atoms with Crippen molar-refractivity contribution in [2.75, 3.05) is 53.2 Å². The van der Waals surface area contributed by atoms with Crippen LogP contribution < -0.4 is 19.5 Å². The Morgan fingerprint density at radius 3 is 2.76 bits per heavy atom. The molecule has 2 aliphatic heterocycles. The summed E-state index contributed by atoms with van der Waals surface area (Å²) in [5.74, 6) is 3.15. The minimum atomic E-state index is 0. The van der Waals surface area contributed by atoms with Crippen LogP contribution in [0.25, 0.3) is 0 Å². The van der Waals surface area contributed by atoms with Crippen LogP contribution in [0, 0.1) is 0 Å². The normalized spacial score (nSPS) is 16.4. The number of aromatic nitrogens is 1. The van der Waals surface area contributed by atoms with Crippen LogP contribution in [0.15, 0.2) is 40.0 Å². The van der Waals surface area contributed by atoms with Gasteiger partial charge in [-0.25, -0.2) is 0 Å². The first kappa shape index (κ1) is 21.5. The van der Waals surface area contributed by atoms with E-state index in [1.165, 1.54) is 0 Å². The molecular formula is C19H26IN5O4. The third kappa shape index (κ3) is 5.66. The molecule has 0 atom stereocenters. The lowest BCUT2D eigenvalue weighted by molar-refractivity contribution is 0.168. The van der Waals surface area contributed by atoms with Gasteiger partial charge in [0.05, 0.1) is 12.2 Å². The highest BCUT2D eigenvalue weighted by molar-refractivity contribution is 14.0. The Labute approximate surface area is 187 Å². The summed E-state index contributed by atoms with van der Waals surface area (Å²) in [6, 6.07) is 7.51. The molecule has 1 N–H and O–H groups in total. The Morgan fingerprint density at radius 2 is 2.00 bits per heavy atom. The van der Waals surface area contributed by atoms with Gasteiger partial charge in [0.1, 0.15) is 18.6 Å². The average Bonchev–Trinajstić information content (AvgIpc) is 3.40. The number of halogens is 1. The molecule has 0 amide bonds. The van der Waals surface area contributed by atoms with Crippen LogP contribution in [0.3, 0.4) is 0 Å². The molecular weight excluding hydrogens is 489 g/mol. The minimum absolute atomic E-state index is 0. The number of fused-ring (bicyclic) bond motifs is 1. The van der Waals surface area contributed by atoms with Crippen molar-refractivity contribution in [1.29, 1.82) is 0 Å². The molecule has 10 heteroatoms. The fourth-order valence-corrected chi connectivity index (χ4v) is 3.30. The summed E-state index contributed by atoms with van der Waals surface area (Å²) in [4.78, 5) is 9.03. The number of piperazine rings is 1. The summed E-state index contributed by atoms with van der Waals surface area (Å²) in [6.45, 7) is 6.04. The Morgan fingerprint density at radius 1 is 1.17 bits per heavy atom. The number of aliphatic imine (C=N–C) groups is 1. The predicted molar refractivity (Wildman–Crippen MR) is 118 cm³/mol. The van der Waals surface area contributed by atoms with Gasteiger partial charge in [-0.3, -0.25) is 9.89 Å². The van der Waals surface area contributed by atoms with E-state index >= 15 is 0 Å². The highest BCUT2D eigenvalue weighted by Gasteiger charge is 2.20. The standard InChI is InChI=1S/C19H25N5O4.HI/c1-20-19(24-8-6-23(7-9-24)13-15-4-10-28-22-15)21-5-11-25-16-2-3-17-18(12-16)27-14-26-17;/h2-4,10,12H,5-9,11,13-14H2,1H3,(H,20,21);1H.